The molecule has 0 spiro atoms. The summed E-state index contributed by atoms with van der Waals surface area (Å²) >= 11 is 1.74. The van der Waals surface area contributed by atoms with Gasteiger partial charge < -0.3 is 4.90 Å². The van der Waals surface area contributed by atoms with Crippen LogP contribution in [0.15, 0.2) is 11.4 Å². The van der Waals surface area contributed by atoms with Gasteiger partial charge in [0.15, 0.2) is 0 Å². The van der Waals surface area contributed by atoms with Crippen LogP contribution in [0.1, 0.15) is 41.2 Å². The molecule has 0 saturated heterocycles. The van der Waals surface area contributed by atoms with Gasteiger partial charge >= 0.3 is 5.69 Å². The van der Waals surface area contributed by atoms with Crippen LogP contribution in [0, 0.1) is 24.0 Å². The van der Waals surface area contributed by atoms with E-state index < -0.39 is 4.92 Å². The third-order valence-corrected chi connectivity index (χ3v) is 5.61. The molecule has 0 fully saturated rings. The Balaban J connectivity index is 1.83. The number of nitrogens with zero attached hydrogens (tertiary/aromatic N) is 4. The Labute approximate surface area is 144 Å². The van der Waals surface area contributed by atoms with Crippen molar-refractivity contribution in [3.05, 3.63) is 43.4 Å². The standard InChI is InChI=1S/C16H20N4O3S/c1-4-13-12-6-8-24-14(12)5-7-18(13)15(21)9-19-11(3)16(20(22)23)10(2)17-19/h6,8,13H,4-5,7,9H2,1-3H3. The largest absolute Gasteiger partial charge is 0.334 e. The van der Waals surface area contributed by atoms with Gasteiger partial charge in [-0.2, -0.15) is 5.10 Å². The average Bonchev–Trinajstić information content (AvgIpc) is 3.10. The van der Waals surface area contributed by atoms with E-state index in [1.165, 1.54) is 15.1 Å². The van der Waals surface area contributed by atoms with Crippen molar-refractivity contribution in [2.45, 2.75) is 46.2 Å². The first-order chi connectivity index (χ1) is 11.4. The number of fused-ring (bicyclic) bond motifs is 1. The minimum Gasteiger partial charge on any atom is -0.334 e. The minimum absolute atomic E-state index is 0.00592. The number of aromatic nitrogens is 2. The van der Waals surface area contributed by atoms with Crippen molar-refractivity contribution in [3.63, 3.8) is 0 Å². The molecule has 0 radical (unpaired) electrons. The lowest BCUT2D eigenvalue weighted by molar-refractivity contribution is -0.386. The molecule has 0 aliphatic carbocycles. The number of rotatable bonds is 4. The highest BCUT2D eigenvalue weighted by Crippen LogP contribution is 2.35. The van der Waals surface area contributed by atoms with E-state index in [4.69, 9.17) is 0 Å². The molecule has 8 heteroatoms. The molecule has 3 heterocycles. The van der Waals surface area contributed by atoms with Gasteiger partial charge in [-0.15, -0.1) is 11.3 Å². The summed E-state index contributed by atoms with van der Waals surface area (Å²) in [6, 6.07) is 2.18. The van der Waals surface area contributed by atoms with Crippen LogP contribution in [0.3, 0.4) is 0 Å². The summed E-state index contributed by atoms with van der Waals surface area (Å²) in [5.41, 5.74) is 2.00. The molecule has 1 atom stereocenters. The van der Waals surface area contributed by atoms with E-state index in [0.717, 1.165) is 12.8 Å². The second-order valence-corrected chi connectivity index (χ2v) is 7.00. The maximum Gasteiger partial charge on any atom is 0.312 e. The van der Waals surface area contributed by atoms with Crippen molar-refractivity contribution < 1.29 is 9.72 Å². The van der Waals surface area contributed by atoms with Crippen LogP contribution < -0.4 is 0 Å². The maximum absolute atomic E-state index is 12.8. The lowest BCUT2D eigenvalue weighted by Crippen LogP contribution is -2.41. The highest BCUT2D eigenvalue weighted by atomic mass is 32.1. The number of carbonyl (C=O) groups is 1. The molecule has 0 bridgehead atoms. The number of hydrogen-bond donors (Lipinski definition) is 0. The van der Waals surface area contributed by atoms with E-state index >= 15 is 0 Å². The first-order valence-corrected chi connectivity index (χ1v) is 8.86. The molecule has 24 heavy (non-hydrogen) atoms. The molecule has 2 aromatic heterocycles. The summed E-state index contributed by atoms with van der Waals surface area (Å²) in [6.07, 6.45) is 1.72. The molecule has 7 nitrogen and oxygen atoms in total. The van der Waals surface area contributed by atoms with Gasteiger partial charge in [0.05, 0.1) is 11.0 Å². The summed E-state index contributed by atoms with van der Waals surface area (Å²) in [5, 5.41) is 17.4. The number of aryl methyl sites for hydroxylation is 1. The molecule has 1 unspecified atom stereocenters. The molecular formula is C16H20N4O3S. The molecule has 0 saturated carbocycles. The fourth-order valence-electron chi connectivity index (χ4n) is 3.46. The Hall–Kier alpha value is -2.22. The summed E-state index contributed by atoms with van der Waals surface area (Å²) < 4.78 is 1.45. The second-order valence-electron chi connectivity index (χ2n) is 5.99. The van der Waals surface area contributed by atoms with E-state index in [0.29, 0.717) is 17.9 Å². The minimum atomic E-state index is -0.438. The van der Waals surface area contributed by atoms with Crippen LogP contribution in [-0.2, 0) is 17.8 Å². The van der Waals surface area contributed by atoms with Gasteiger partial charge in [-0.05, 0) is 43.7 Å². The van der Waals surface area contributed by atoms with Crippen LogP contribution in [0.25, 0.3) is 0 Å². The van der Waals surface area contributed by atoms with E-state index in [1.54, 1.807) is 25.2 Å². The normalized spacial score (nSPS) is 17.0. The molecule has 1 aliphatic rings. The number of hydrogen-bond acceptors (Lipinski definition) is 5. The Morgan fingerprint density at radius 1 is 1.50 bits per heavy atom. The quantitative estimate of drug-likeness (QED) is 0.628. The monoisotopic (exact) mass is 348 g/mol. The Bertz CT molecular complexity index is 795. The number of carbonyl (C=O) groups excluding carboxylic acids is 1. The van der Waals surface area contributed by atoms with Gasteiger partial charge in [-0.25, -0.2) is 0 Å². The number of amides is 1. The highest BCUT2D eigenvalue weighted by molar-refractivity contribution is 7.10. The van der Waals surface area contributed by atoms with Crippen LogP contribution >= 0.6 is 11.3 Å². The molecule has 0 N–H and O–H groups in total. The fourth-order valence-corrected chi connectivity index (χ4v) is 4.39. The average molecular weight is 348 g/mol. The Kier molecular flexibility index (Phi) is 4.40. The zero-order chi connectivity index (χ0) is 17.4. The van der Waals surface area contributed by atoms with Gasteiger partial charge in [0.1, 0.15) is 17.9 Å². The zero-order valence-electron chi connectivity index (χ0n) is 14.0. The SMILES string of the molecule is CCC1c2ccsc2CCN1C(=O)Cn1nc(C)c([N+](=O)[O-])c1C. The van der Waals surface area contributed by atoms with Gasteiger partial charge in [-0.3, -0.25) is 19.6 Å². The Morgan fingerprint density at radius 3 is 2.88 bits per heavy atom. The van der Waals surface area contributed by atoms with Gasteiger partial charge in [0.25, 0.3) is 0 Å². The third kappa shape index (κ3) is 2.71. The lowest BCUT2D eigenvalue weighted by atomic mass is 9.98. The summed E-state index contributed by atoms with van der Waals surface area (Å²) in [4.78, 5) is 26.7. The van der Waals surface area contributed by atoms with Crippen LogP contribution in [0.2, 0.25) is 0 Å². The van der Waals surface area contributed by atoms with Gasteiger partial charge in [0, 0.05) is 11.4 Å². The highest BCUT2D eigenvalue weighted by Gasteiger charge is 2.31. The van der Waals surface area contributed by atoms with E-state index in [-0.39, 0.29) is 24.2 Å². The van der Waals surface area contributed by atoms with Crippen molar-refractivity contribution in [3.8, 4) is 0 Å². The van der Waals surface area contributed by atoms with Gasteiger partial charge in [-0.1, -0.05) is 6.92 Å². The second kappa shape index (κ2) is 6.35. The molecular weight excluding hydrogens is 328 g/mol. The van der Waals surface area contributed by atoms with Crippen LogP contribution in [0.4, 0.5) is 5.69 Å². The summed E-state index contributed by atoms with van der Waals surface area (Å²) in [6.45, 7) is 6.03. The number of nitro groups is 1. The van der Waals surface area contributed by atoms with E-state index in [1.807, 2.05) is 4.90 Å². The van der Waals surface area contributed by atoms with E-state index in [9.17, 15) is 14.9 Å². The molecule has 0 aromatic carbocycles. The smallest absolute Gasteiger partial charge is 0.312 e. The van der Waals surface area contributed by atoms with Crippen molar-refractivity contribution in [2.75, 3.05) is 6.54 Å². The van der Waals surface area contributed by atoms with Crippen molar-refractivity contribution in [1.82, 2.24) is 14.7 Å². The molecule has 128 valence electrons. The third-order valence-electron chi connectivity index (χ3n) is 4.61. The lowest BCUT2D eigenvalue weighted by Gasteiger charge is -2.35. The predicted octanol–water partition coefficient (Wildman–Crippen LogP) is 3.01. The predicted molar refractivity (Wildman–Crippen MR) is 91.1 cm³/mol. The van der Waals surface area contributed by atoms with Crippen molar-refractivity contribution in [2.24, 2.45) is 0 Å². The maximum atomic E-state index is 12.8. The van der Waals surface area contributed by atoms with Crippen LogP contribution in [0.5, 0.6) is 0 Å². The zero-order valence-corrected chi connectivity index (χ0v) is 14.8. The summed E-state index contributed by atoms with van der Waals surface area (Å²) in [7, 11) is 0. The molecule has 3 rings (SSSR count). The molecule has 1 aliphatic heterocycles. The number of thiophene rings is 1. The fraction of sp³-hybridized carbons (Fsp3) is 0.500. The first-order valence-electron chi connectivity index (χ1n) is 7.98. The van der Waals surface area contributed by atoms with Crippen molar-refractivity contribution >= 4 is 22.9 Å². The van der Waals surface area contributed by atoms with Crippen LogP contribution in [-0.4, -0.2) is 32.1 Å². The molecule has 2 aromatic rings. The Morgan fingerprint density at radius 2 is 2.25 bits per heavy atom. The first kappa shape index (κ1) is 16.6. The summed E-state index contributed by atoms with van der Waals surface area (Å²) in [5.74, 6) is -0.0424. The molecule has 1 amide bonds. The topological polar surface area (TPSA) is 81.3 Å². The van der Waals surface area contributed by atoms with E-state index in [2.05, 4.69) is 23.5 Å². The van der Waals surface area contributed by atoms with Gasteiger partial charge in [0.2, 0.25) is 5.91 Å². The van der Waals surface area contributed by atoms with Crippen molar-refractivity contribution in [1.29, 1.82) is 0 Å².